The summed E-state index contributed by atoms with van der Waals surface area (Å²) in [7, 11) is 1.77. The summed E-state index contributed by atoms with van der Waals surface area (Å²) in [6, 6.07) is 7.43. The Morgan fingerprint density at radius 1 is 1.33 bits per heavy atom. The average Bonchev–Trinajstić information content (AvgIpc) is 2.65. The molecular formula is C12H11N3O3. The lowest BCUT2D eigenvalue weighted by atomic mass is 10.2. The number of amides is 1. The van der Waals surface area contributed by atoms with Crippen LogP contribution in [-0.2, 0) is 16.6 Å². The second-order valence-corrected chi connectivity index (χ2v) is 3.65. The summed E-state index contributed by atoms with van der Waals surface area (Å²) in [6.07, 6.45) is 1.73. The first kappa shape index (κ1) is 11.8. The van der Waals surface area contributed by atoms with E-state index in [1.807, 2.05) is 24.3 Å². The Morgan fingerprint density at radius 3 is 2.78 bits per heavy atom. The van der Waals surface area contributed by atoms with Crippen LogP contribution in [0.2, 0.25) is 0 Å². The van der Waals surface area contributed by atoms with Crippen LogP contribution in [0.4, 0.5) is 5.82 Å². The van der Waals surface area contributed by atoms with E-state index in [0.717, 1.165) is 23.1 Å². The molecule has 0 bridgehead atoms. The van der Waals surface area contributed by atoms with Crippen LogP contribution in [-0.4, -0.2) is 26.8 Å². The third-order valence-electron chi connectivity index (χ3n) is 2.38. The van der Waals surface area contributed by atoms with Crippen molar-refractivity contribution in [3.63, 3.8) is 0 Å². The third-order valence-corrected chi connectivity index (χ3v) is 2.38. The number of benzene rings is 1. The molecule has 2 rings (SSSR count). The van der Waals surface area contributed by atoms with Gasteiger partial charge in [0.1, 0.15) is 0 Å². The number of aromatic nitrogens is 2. The van der Waals surface area contributed by atoms with E-state index in [-0.39, 0.29) is 0 Å². The molecule has 1 aromatic carbocycles. The van der Waals surface area contributed by atoms with Gasteiger partial charge in [0.25, 0.3) is 0 Å². The molecule has 0 atom stereocenters. The number of carboxylic acids is 1. The second-order valence-electron chi connectivity index (χ2n) is 3.65. The molecule has 0 saturated carbocycles. The zero-order valence-corrected chi connectivity index (χ0v) is 9.62. The van der Waals surface area contributed by atoms with Crippen LogP contribution >= 0.6 is 0 Å². The van der Waals surface area contributed by atoms with Crippen LogP contribution in [0.3, 0.4) is 0 Å². The van der Waals surface area contributed by atoms with Crippen molar-refractivity contribution in [3.8, 4) is 0 Å². The normalized spacial score (nSPS) is 10.9. The van der Waals surface area contributed by atoms with Crippen molar-refractivity contribution >= 4 is 28.6 Å². The highest BCUT2D eigenvalue weighted by Crippen LogP contribution is 2.21. The summed E-state index contributed by atoms with van der Waals surface area (Å²) < 4.78 is 1.64. The van der Waals surface area contributed by atoms with Gasteiger partial charge in [0.2, 0.25) is 5.91 Å². The first-order valence-electron chi connectivity index (χ1n) is 5.21. The fourth-order valence-electron chi connectivity index (χ4n) is 1.61. The maximum Gasteiger partial charge on any atom is 0.328 e. The van der Waals surface area contributed by atoms with E-state index in [1.165, 1.54) is 0 Å². The van der Waals surface area contributed by atoms with E-state index < -0.39 is 11.9 Å². The highest BCUT2D eigenvalue weighted by atomic mass is 16.4. The molecule has 92 valence electrons. The van der Waals surface area contributed by atoms with Gasteiger partial charge in [-0.2, -0.15) is 5.10 Å². The molecule has 0 fully saturated rings. The van der Waals surface area contributed by atoms with E-state index in [0.29, 0.717) is 5.82 Å². The lowest BCUT2D eigenvalue weighted by Gasteiger charge is -1.96. The Balaban J connectivity index is 2.27. The SMILES string of the molecule is Cn1nc(NC(=O)C=CC(=O)O)c2ccccc21. The molecule has 0 saturated heterocycles. The molecule has 0 spiro atoms. The highest BCUT2D eigenvalue weighted by molar-refractivity contribution is 6.06. The van der Waals surface area contributed by atoms with Gasteiger partial charge in [-0.25, -0.2) is 4.79 Å². The van der Waals surface area contributed by atoms with Crippen molar-refractivity contribution in [3.05, 3.63) is 36.4 Å². The summed E-state index contributed by atoms with van der Waals surface area (Å²) in [6.45, 7) is 0. The number of aliphatic carboxylic acids is 1. The maximum atomic E-state index is 11.5. The zero-order chi connectivity index (χ0) is 13.1. The molecule has 0 radical (unpaired) electrons. The second kappa shape index (κ2) is 4.70. The smallest absolute Gasteiger partial charge is 0.328 e. The van der Waals surface area contributed by atoms with Crippen LogP contribution in [0.15, 0.2) is 36.4 Å². The average molecular weight is 245 g/mol. The van der Waals surface area contributed by atoms with Gasteiger partial charge in [-0.3, -0.25) is 9.48 Å². The Hall–Kier alpha value is -2.63. The lowest BCUT2D eigenvalue weighted by molar-refractivity contribution is -0.131. The number of rotatable bonds is 3. The summed E-state index contributed by atoms with van der Waals surface area (Å²) in [5, 5.41) is 15.9. The fraction of sp³-hybridized carbons (Fsp3) is 0.0833. The van der Waals surface area contributed by atoms with Gasteiger partial charge in [-0.05, 0) is 12.1 Å². The van der Waals surface area contributed by atoms with Crippen molar-refractivity contribution in [2.75, 3.05) is 5.32 Å². The Bertz CT molecular complexity index is 643. The van der Waals surface area contributed by atoms with Gasteiger partial charge in [0.15, 0.2) is 5.82 Å². The predicted molar refractivity (Wildman–Crippen MR) is 66.1 cm³/mol. The Labute approximate surface area is 103 Å². The quantitative estimate of drug-likeness (QED) is 0.794. The highest BCUT2D eigenvalue weighted by Gasteiger charge is 2.09. The van der Waals surface area contributed by atoms with Crippen molar-refractivity contribution in [2.24, 2.45) is 7.05 Å². The first-order valence-corrected chi connectivity index (χ1v) is 5.21. The van der Waals surface area contributed by atoms with Crippen molar-refractivity contribution in [2.45, 2.75) is 0 Å². The monoisotopic (exact) mass is 245 g/mol. The molecule has 1 heterocycles. The Kier molecular flexibility index (Phi) is 3.09. The molecule has 1 amide bonds. The number of para-hydroxylation sites is 1. The zero-order valence-electron chi connectivity index (χ0n) is 9.62. The van der Waals surface area contributed by atoms with Crippen LogP contribution < -0.4 is 5.32 Å². The number of aryl methyl sites for hydroxylation is 1. The van der Waals surface area contributed by atoms with Gasteiger partial charge < -0.3 is 10.4 Å². The number of carbonyl (C=O) groups excluding carboxylic acids is 1. The van der Waals surface area contributed by atoms with Crippen LogP contribution in [0, 0.1) is 0 Å². The molecule has 0 aliphatic rings. The minimum Gasteiger partial charge on any atom is -0.478 e. The summed E-state index contributed by atoms with van der Waals surface area (Å²) in [5.74, 6) is -1.29. The molecule has 2 aromatic rings. The minimum atomic E-state index is -1.17. The number of carboxylic acid groups (broad SMARTS) is 1. The topological polar surface area (TPSA) is 84.2 Å². The lowest BCUT2D eigenvalue weighted by Crippen LogP contribution is -2.09. The summed E-state index contributed by atoms with van der Waals surface area (Å²) >= 11 is 0. The molecular weight excluding hydrogens is 234 g/mol. The van der Waals surface area contributed by atoms with E-state index in [4.69, 9.17) is 5.11 Å². The number of anilines is 1. The largest absolute Gasteiger partial charge is 0.478 e. The first-order chi connectivity index (χ1) is 8.58. The number of carbonyl (C=O) groups is 2. The number of nitrogens with zero attached hydrogens (tertiary/aromatic N) is 2. The van der Waals surface area contributed by atoms with E-state index in [2.05, 4.69) is 10.4 Å². The molecule has 6 heteroatoms. The molecule has 0 aliphatic carbocycles. The standard InChI is InChI=1S/C12H11N3O3/c1-15-9-5-3-2-4-8(9)12(14-15)13-10(16)6-7-11(17)18/h2-7H,1H3,(H,17,18)(H,13,14,16). The van der Waals surface area contributed by atoms with Gasteiger partial charge in [-0.15, -0.1) is 0 Å². The number of hydrogen-bond acceptors (Lipinski definition) is 3. The van der Waals surface area contributed by atoms with Gasteiger partial charge in [0, 0.05) is 24.6 Å². The predicted octanol–water partition coefficient (Wildman–Crippen LogP) is 1.15. The van der Waals surface area contributed by atoms with E-state index >= 15 is 0 Å². The van der Waals surface area contributed by atoms with Crippen molar-refractivity contribution < 1.29 is 14.7 Å². The summed E-state index contributed by atoms with van der Waals surface area (Å²) in [5.41, 5.74) is 0.884. The van der Waals surface area contributed by atoms with Crippen molar-refractivity contribution in [1.29, 1.82) is 0 Å². The molecule has 2 N–H and O–H groups in total. The number of fused-ring (bicyclic) bond motifs is 1. The van der Waals surface area contributed by atoms with Crippen LogP contribution in [0.5, 0.6) is 0 Å². The maximum absolute atomic E-state index is 11.5. The molecule has 0 aliphatic heterocycles. The van der Waals surface area contributed by atoms with Gasteiger partial charge in [-0.1, -0.05) is 12.1 Å². The van der Waals surface area contributed by atoms with E-state index in [1.54, 1.807) is 11.7 Å². The molecule has 1 aromatic heterocycles. The van der Waals surface area contributed by atoms with Crippen LogP contribution in [0.25, 0.3) is 10.9 Å². The minimum absolute atomic E-state index is 0.410. The number of nitrogens with one attached hydrogen (secondary N) is 1. The van der Waals surface area contributed by atoms with E-state index in [9.17, 15) is 9.59 Å². The number of hydrogen-bond donors (Lipinski definition) is 2. The van der Waals surface area contributed by atoms with Crippen molar-refractivity contribution in [1.82, 2.24) is 9.78 Å². The third kappa shape index (κ3) is 2.37. The molecule has 18 heavy (non-hydrogen) atoms. The molecule has 0 unspecified atom stereocenters. The fourth-order valence-corrected chi connectivity index (χ4v) is 1.61. The summed E-state index contributed by atoms with van der Waals surface area (Å²) in [4.78, 5) is 21.7. The Morgan fingerprint density at radius 2 is 2.06 bits per heavy atom. The van der Waals surface area contributed by atoms with Gasteiger partial charge >= 0.3 is 5.97 Å². The van der Waals surface area contributed by atoms with Crippen LogP contribution in [0.1, 0.15) is 0 Å². The van der Waals surface area contributed by atoms with Gasteiger partial charge in [0.05, 0.1) is 5.52 Å². The molecule has 6 nitrogen and oxygen atoms in total.